The van der Waals surface area contributed by atoms with Crippen molar-refractivity contribution in [1.29, 1.82) is 0 Å². The number of rotatable bonds is 1. The van der Waals surface area contributed by atoms with Crippen molar-refractivity contribution in [2.45, 2.75) is 0 Å². The normalized spacial score (nSPS) is 10.1. The van der Waals surface area contributed by atoms with E-state index >= 15 is 0 Å². The second-order valence-electron chi connectivity index (χ2n) is 2.52. The fraction of sp³-hybridized carbons (Fsp3) is 0. The standard InChI is InChI=1S/C7H6N4O3/c12-7(14-13)8-4-2-1-3-5-6(4)10-11-9-5/h1-3,13H,(H,8,12)(H,9,10,11). The van der Waals surface area contributed by atoms with Crippen LogP contribution >= 0.6 is 0 Å². The maximum atomic E-state index is 10.7. The lowest BCUT2D eigenvalue weighted by molar-refractivity contribution is -0.172. The molecule has 0 spiro atoms. The van der Waals surface area contributed by atoms with E-state index in [1.807, 2.05) is 0 Å². The summed E-state index contributed by atoms with van der Waals surface area (Å²) in [5.41, 5.74) is 1.59. The number of H-pyrrole nitrogens is 1. The van der Waals surface area contributed by atoms with Crippen molar-refractivity contribution in [3.63, 3.8) is 0 Å². The molecule has 2 rings (SSSR count). The quantitative estimate of drug-likeness (QED) is 0.464. The molecule has 0 saturated heterocycles. The Bertz CT molecular complexity index is 467. The summed E-state index contributed by atoms with van der Waals surface area (Å²) in [6.45, 7) is 0. The zero-order valence-electron chi connectivity index (χ0n) is 6.89. The summed E-state index contributed by atoms with van der Waals surface area (Å²) in [7, 11) is 0. The Hall–Kier alpha value is -2.15. The summed E-state index contributed by atoms with van der Waals surface area (Å²) in [5.74, 6) is 0. The molecule has 0 radical (unpaired) electrons. The molecule has 0 aliphatic heterocycles. The highest BCUT2D eigenvalue weighted by Gasteiger charge is 2.07. The second-order valence-corrected chi connectivity index (χ2v) is 2.52. The van der Waals surface area contributed by atoms with Gasteiger partial charge >= 0.3 is 6.09 Å². The van der Waals surface area contributed by atoms with Crippen LogP contribution < -0.4 is 5.32 Å². The van der Waals surface area contributed by atoms with Crippen molar-refractivity contribution in [2.24, 2.45) is 0 Å². The first-order valence-electron chi connectivity index (χ1n) is 3.73. The lowest BCUT2D eigenvalue weighted by Gasteiger charge is -2.00. The fourth-order valence-electron chi connectivity index (χ4n) is 1.10. The molecule has 0 aliphatic carbocycles. The van der Waals surface area contributed by atoms with Crippen LogP contribution in [-0.4, -0.2) is 26.8 Å². The molecule has 1 heterocycles. The highest BCUT2D eigenvalue weighted by Crippen LogP contribution is 2.18. The molecule has 7 heteroatoms. The zero-order chi connectivity index (χ0) is 9.97. The summed E-state index contributed by atoms with van der Waals surface area (Å²) in [4.78, 5) is 14.2. The van der Waals surface area contributed by atoms with E-state index in [2.05, 4.69) is 25.6 Å². The molecule has 0 aliphatic rings. The third-order valence-corrected chi connectivity index (χ3v) is 1.68. The summed E-state index contributed by atoms with van der Waals surface area (Å²) in [6, 6.07) is 5.07. The maximum absolute atomic E-state index is 10.7. The van der Waals surface area contributed by atoms with E-state index in [0.717, 1.165) is 0 Å². The minimum atomic E-state index is -0.972. The van der Waals surface area contributed by atoms with E-state index in [1.165, 1.54) is 0 Å². The lowest BCUT2D eigenvalue weighted by atomic mass is 10.3. The average Bonchev–Trinajstić information content (AvgIpc) is 2.66. The van der Waals surface area contributed by atoms with Crippen molar-refractivity contribution in [3.8, 4) is 0 Å². The first-order valence-corrected chi connectivity index (χ1v) is 3.73. The number of aromatic nitrogens is 3. The molecule has 0 atom stereocenters. The Morgan fingerprint density at radius 2 is 2.43 bits per heavy atom. The number of aromatic amines is 1. The molecule has 72 valence electrons. The monoisotopic (exact) mass is 194 g/mol. The van der Waals surface area contributed by atoms with E-state index in [9.17, 15) is 4.79 Å². The summed E-state index contributed by atoms with van der Waals surface area (Å²) >= 11 is 0. The van der Waals surface area contributed by atoms with Gasteiger partial charge in [-0.15, -0.1) is 5.10 Å². The van der Waals surface area contributed by atoms with Crippen LogP contribution in [0.2, 0.25) is 0 Å². The lowest BCUT2D eigenvalue weighted by Crippen LogP contribution is -2.11. The molecular formula is C7H6N4O3. The molecular weight excluding hydrogens is 188 g/mol. The Balaban J connectivity index is 2.41. The van der Waals surface area contributed by atoms with Crippen LogP contribution in [0.5, 0.6) is 0 Å². The van der Waals surface area contributed by atoms with Gasteiger partial charge in [-0.3, -0.25) is 15.3 Å². The van der Waals surface area contributed by atoms with E-state index < -0.39 is 6.09 Å². The molecule has 14 heavy (non-hydrogen) atoms. The van der Waals surface area contributed by atoms with Crippen LogP contribution in [0.4, 0.5) is 10.5 Å². The number of amides is 1. The van der Waals surface area contributed by atoms with Crippen LogP contribution in [0.25, 0.3) is 11.0 Å². The number of fused-ring (bicyclic) bond motifs is 1. The SMILES string of the molecule is O=C(Nc1cccc2[nH]nnc12)OO. The number of carbonyl (C=O) groups is 1. The molecule has 7 nitrogen and oxygen atoms in total. The molecule has 0 bridgehead atoms. The van der Waals surface area contributed by atoms with E-state index in [4.69, 9.17) is 5.26 Å². The topological polar surface area (TPSA) is 100 Å². The van der Waals surface area contributed by atoms with Crippen molar-refractivity contribution in [2.75, 3.05) is 5.32 Å². The average molecular weight is 194 g/mol. The van der Waals surface area contributed by atoms with Gasteiger partial charge in [-0.2, -0.15) is 5.26 Å². The van der Waals surface area contributed by atoms with Gasteiger partial charge in [0.25, 0.3) is 0 Å². The van der Waals surface area contributed by atoms with Gasteiger partial charge in [0.15, 0.2) is 0 Å². The third-order valence-electron chi connectivity index (χ3n) is 1.68. The van der Waals surface area contributed by atoms with Gasteiger partial charge in [0.05, 0.1) is 11.2 Å². The molecule has 2 aromatic rings. The molecule has 0 unspecified atom stereocenters. The van der Waals surface area contributed by atoms with Crippen LogP contribution in [-0.2, 0) is 4.89 Å². The van der Waals surface area contributed by atoms with Crippen LogP contribution in [0, 0.1) is 0 Å². The van der Waals surface area contributed by atoms with Gasteiger partial charge in [0, 0.05) is 0 Å². The molecule has 0 fully saturated rings. The number of nitrogens with zero attached hydrogens (tertiary/aromatic N) is 2. The van der Waals surface area contributed by atoms with E-state index in [1.54, 1.807) is 18.2 Å². The minimum absolute atomic E-state index is 0.412. The summed E-state index contributed by atoms with van der Waals surface area (Å²) in [5, 5.41) is 20.3. The minimum Gasteiger partial charge on any atom is -0.287 e. The zero-order valence-corrected chi connectivity index (χ0v) is 6.89. The smallest absolute Gasteiger partial charge is 0.287 e. The highest BCUT2D eigenvalue weighted by atomic mass is 17.1. The Labute approximate surface area is 77.6 Å². The number of hydrogen-bond donors (Lipinski definition) is 3. The van der Waals surface area contributed by atoms with Crippen molar-refractivity contribution >= 4 is 22.8 Å². The molecule has 1 aromatic heterocycles. The van der Waals surface area contributed by atoms with Gasteiger partial charge in [-0.1, -0.05) is 11.3 Å². The van der Waals surface area contributed by atoms with Gasteiger partial charge in [0.1, 0.15) is 5.52 Å². The van der Waals surface area contributed by atoms with Crippen molar-refractivity contribution < 1.29 is 14.9 Å². The first kappa shape index (κ1) is 8.45. The summed E-state index contributed by atoms with van der Waals surface area (Å²) in [6.07, 6.45) is -0.972. The largest absolute Gasteiger partial charge is 0.442 e. The van der Waals surface area contributed by atoms with Crippen LogP contribution in [0.3, 0.4) is 0 Å². The predicted octanol–water partition coefficient (Wildman–Crippen LogP) is 0.979. The third kappa shape index (κ3) is 1.36. The first-order chi connectivity index (χ1) is 6.81. The summed E-state index contributed by atoms with van der Waals surface area (Å²) < 4.78 is 0. The van der Waals surface area contributed by atoms with Crippen LogP contribution in [0.1, 0.15) is 0 Å². The number of nitrogens with one attached hydrogen (secondary N) is 2. The predicted molar refractivity (Wildman–Crippen MR) is 46.6 cm³/mol. The maximum Gasteiger partial charge on any atom is 0.442 e. The fourth-order valence-corrected chi connectivity index (χ4v) is 1.10. The highest BCUT2D eigenvalue weighted by molar-refractivity contribution is 5.95. The number of hydrogen-bond acceptors (Lipinski definition) is 5. The Kier molecular flexibility index (Phi) is 1.99. The van der Waals surface area contributed by atoms with E-state index in [-0.39, 0.29) is 0 Å². The van der Waals surface area contributed by atoms with Crippen molar-refractivity contribution in [1.82, 2.24) is 15.4 Å². The van der Waals surface area contributed by atoms with Gasteiger partial charge in [0.2, 0.25) is 0 Å². The van der Waals surface area contributed by atoms with Gasteiger partial charge in [-0.25, -0.2) is 4.79 Å². The number of benzene rings is 1. The second kappa shape index (κ2) is 3.30. The molecule has 1 amide bonds. The molecule has 3 N–H and O–H groups in total. The van der Waals surface area contributed by atoms with Crippen LogP contribution in [0.15, 0.2) is 18.2 Å². The molecule has 0 saturated carbocycles. The Morgan fingerprint density at radius 3 is 3.21 bits per heavy atom. The van der Waals surface area contributed by atoms with E-state index in [0.29, 0.717) is 16.7 Å². The van der Waals surface area contributed by atoms with Gasteiger partial charge in [-0.05, 0) is 12.1 Å². The number of carbonyl (C=O) groups excluding carboxylic acids is 1. The number of anilines is 1. The molecule has 1 aromatic carbocycles. The Morgan fingerprint density at radius 1 is 1.57 bits per heavy atom. The van der Waals surface area contributed by atoms with Gasteiger partial charge < -0.3 is 0 Å². The van der Waals surface area contributed by atoms with Crippen molar-refractivity contribution in [3.05, 3.63) is 18.2 Å².